The van der Waals surface area contributed by atoms with Gasteiger partial charge in [0.05, 0.1) is 25.2 Å². The van der Waals surface area contributed by atoms with E-state index < -0.39 is 15.4 Å². The Morgan fingerprint density at radius 1 is 1.13 bits per heavy atom. The molecule has 2 aliphatic rings. The lowest BCUT2D eigenvalue weighted by molar-refractivity contribution is -0.0658. The van der Waals surface area contributed by atoms with Crippen LogP contribution in [0.15, 0.2) is 59.5 Å². The lowest BCUT2D eigenvalue weighted by Gasteiger charge is -2.39. The van der Waals surface area contributed by atoms with E-state index in [0.29, 0.717) is 37.6 Å². The summed E-state index contributed by atoms with van der Waals surface area (Å²) in [4.78, 5) is 0.306. The van der Waals surface area contributed by atoms with Crippen molar-refractivity contribution in [3.63, 3.8) is 0 Å². The molecule has 1 saturated heterocycles. The minimum Gasteiger partial charge on any atom is -0.497 e. The molecular formula is C24H29NO5S. The quantitative estimate of drug-likeness (QED) is 0.678. The van der Waals surface area contributed by atoms with Crippen molar-refractivity contribution >= 4 is 15.6 Å². The third-order valence-electron chi connectivity index (χ3n) is 5.83. The minimum atomic E-state index is -3.66. The lowest BCUT2D eigenvalue weighted by atomic mass is 9.80. The number of sulfonamides is 1. The zero-order valence-electron chi connectivity index (χ0n) is 18.2. The fraction of sp³-hybridized carbons (Fsp3) is 0.417. The van der Waals surface area contributed by atoms with Crippen molar-refractivity contribution in [1.82, 2.24) is 4.31 Å². The maximum atomic E-state index is 13.5. The number of methoxy groups -OCH3 is 1. The molecule has 0 radical (unpaired) electrons. The summed E-state index contributed by atoms with van der Waals surface area (Å²) in [7, 11) is -2.03. The molecule has 0 aromatic heterocycles. The van der Waals surface area contributed by atoms with Crippen LogP contribution in [0.4, 0.5) is 0 Å². The van der Waals surface area contributed by atoms with Crippen LogP contribution in [0.3, 0.4) is 0 Å². The van der Waals surface area contributed by atoms with E-state index >= 15 is 0 Å². The van der Waals surface area contributed by atoms with Crippen LogP contribution in [-0.4, -0.2) is 52.4 Å². The van der Waals surface area contributed by atoms with Crippen molar-refractivity contribution in [2.24, 2.45) is 5.41 Å². The molecular weight excluding hydrogens is 414 g/mol. The van der Waals surface area contributed by atoms with Gasteiger partial charge in [-0.15, -0.1) is 0 Å². The van der Waals surface area contributed by atoms with Crippen LogP contribution >= 0.6 is 0 Å². The van der Waals surface area contributed by atoms with Crippen molar-refractivity contribution < 1.29 is 22.6 Å². The highest BCUT2D eigenvalue weighted by Crippen LogP contribution is 2.39. The molecule has 2 aromatic rings. The number of benzene rings is 2. The molecule has 6 nitrogen and oxygen atoms in total. The molecule has 1 fully saturated rings. The number of ether oxygens (including phenoxy) is 3. The van der Waals surface area contributed by atoms with Crippen molar-refractivity contribution in [3.8, 4) is 5.75 Å². The predicted octanol–water partition coefficient (Wildman–Crippen LogP) is 3.86. The van der Waals surface area contributed by atoms with Crippen LogP contribution < -0.4 is 4.74 Å². The summed E-state index contributed by atoms with van der Waals surface area (Å²) in [6, 6.07) is 14.7. The van der Waals surface area contributed by atoms with Gasteiger partial charge in [0.1, 0.15) is 5.75 Å². The number of rotatable bonds is 6. The second kappa shape index (κ2) is 8.74. The Labute approximate surface area is 184 Å². The molecule has 1 atom stereocenters. The van der Waals surface area contributed by atoms with Crippen LogP contribution in [0.5, 0.6) is 5.75 Å². The van der Waals surface area contributed by atoms with Crippen molar-refractivity contribution in [2.45, 2.75) is 31.5 Å². The molecule has 2 heterocycles. The van der Waals surface area contributed by atoms with E-state index in [2.05, 4.69) is 13.0 Å². The van der Waals surface area contributed by atoms with E-state index in [4.69, 9.17) is 14.2 Å². The normalized spacial score (nSPS) is 23.0. The summed E-state index contributed by atoms with van der Waals surface area (Å²) >= 11 is 0. The van der Waals surface area contributed by atoms with Crippen molar-refractivity contribution in [2.75, 3.05) is 33.4 Å². The third-order valence-corrected chi connectivity index (χ3v) is 7.64. The summed E-state index contributed by atoms with van der Waals surface area (Å²) < 4.78 is 45.4. The molecule has 31 heavy (non-hydrogen) atoms. The Morgan fingerprint density at radius 2 is 1.84 bits per heavy atom. The van der Waals surface area contributed by atoms with E-state index in [1.807, 2.05) is 43.3 Å². The number of aryl methyl sites for hydroxylation is 1. The van der Waals surface area contributed by atoms with Crippen LogP contribution in [0, 0.1) is 12.3 Å². The molecule has 0 aliphatic carbocycles. The standard InChI is InChI=1S/C24H29NO5S/c1-18-7-9-22(10-8-18)31(26,27)25-16-20(19-5-4-6-21(13-19)28-3)14-24(2,17-25)15-23-29-11-12-30-23/h4-10,13-14,23H,11-12,15-17H2,1-3H3/t24-/m1/s1. The molecule has 0 spiro atoms. The first-order valence-electron chi connectivity index (χ1n) is 10.5. The fourth-order valence-electron chi connectivity index (χ4n) is 4.22. The van der Waals surface area contributed by atoms with Gasteiger partial charge in [0.25, 0.3) is 0 Å². The first kappa shape index (κ1) is 22.0. The third kappa shape index (κ3) is 4.85. The zero-order valence-corrected chi connectivity index (χ0v) is 19.0. The van der Waals surface area contributed by atoms with Crippen LogP contribution in [0.25, 0.3) is 5.57 Å². The second-order valence-electron chi connectivity index (χ2n) is 8.52. The Bertz CT molecular complexity index is 1060. The van der Waals surface area contributed by atoms with E-state index in [1.54, 1.807) is 23.5 Å². The molecule has 0 unspecified atom stereocenters. The number of nitrogens with zero attached hydrogens (tertiary/aromatic N) is 1. The molecule has 0 amide bonds. The zero-order chi connectivity index (χ0) is 22.1. The maximum Gasteiger partial charge on any atom is 0.243 e. The second-order valence-corrected chi connectivity index (χ2v) is 10.5. The maximum absolute atomic E-state index is 13.5. The molecule has 0 N–H and O–H groups in total. The SMILES string of the molecule is COc1cccc(C2=C[C@](C)(CC3OCCO3)CN(S(=O)(=O)c3ccc(C)cc3)C2)c1. The van der Waals surface area contributed by atoms with Gasteiger partial charge in [-0.05, 0) is 42.3 Å². The largest absolute Gasteiger partial charge is 0.497 e. The minimum absolute atomic E-state index is 0.297. The van der Waals surface area contributed by atoms with Gasteiger partial charge in [-0.25, -0.2) is 8.42 Å². The van der Waals surface area contributed by atoms with Gasteiger partial charge in [-0.1, -0.05) is 42.8 Å². The highest BCUT2D eigenvalue weighted by atomic mass is 32.2. The monoisotopic (exact) mass is 443 g/mol. The van der Waals surface area contributed by atoms with Gasteiger partial charge >= 0.3 is 0 Å². The first-order valence-corrected chi connectivity index (χ1v) is 11.9. The predicted molar refractivity (Wildman–Crippen MR) is 119 cm³/mol. The molecule has 7 heteroatoms. The van der Waals surface area contributed by atoms with Gasteiger partial charge in [0.2, 0.25) is 10.0 Å². The molecule has 2 aromatic carbocycles. The van der Waals surface area contributed by atoms with E-state index in [9.17, 15) is 8.42 Å². The van der Waals surface area contributed by atoms with Crippen molar-refractivity contribution in [3.05, 3.63) is 65.7 Å². The molecule has 4 rings (SSSR count). The van der Waals surface area contributed by atoms with E-state index in [-0.39, 0.29) is 6.29 Å². The van der Waals surface area contributed by atoms with Crippen LogP contribution in [-0.2, 0) is 19.5 Å². The smallest absolute Gasteiger partial charge is 0.243 e. The summed E-state index contributed by atoms with van der Waals surface area (Å²) in [5.74, 6) is 0.737. The number of hydrogen-bond acceptors (Lipinski definition) is 5. The highest BCUT2D eigenvalue weighted by molar-refractivity contribution is 7.89. The van der Waals surface area contributed by atoms with Crippen LogP contribution in [0.1, 0.15) is 24.5 Å². The highest BCUT2D eigenvalue weighted by Gasteiger charge is 2.39. The lowest BCUT2D eigenvalue weighted by Crippen LogP contribution is -2.44. The van der Waals surface area contributed by atoms with Crippen LogP contribution in [0.2, 0.25) is 0 Å². The molecule has 0 saturated carbocycles. The average Bonchev–Trinajstić information content (AvgIpc) is 3.26. The van der Waals surface area contributed by atoms with Gasteiger partial charge in [0.15, 0.2) is 6.29 Å². The molecule has 166 valence electrons. The van der Waals surface area contributed by atoms with Crippen molar-refractivity contribution in [1.29, 1.82) is 0 Å². The first-order chi connectivity index (χ1) is 14.8. The van der Waals surface area contributed by atoms with Gasteiger partial charge < -0.3 is 14.2 Å². The van der Waals surface area contributed by atoms with Gasteiger partial charge in [-0.2, -0.15) is 4.31 Å². The van der Waals surface area contributed by atoms with Gasteiger partial charge in [0, 0.05) is 24.9 Å². The fourth-order valence-corrected chi connectivity index (χ4v) is 5.77. The number of hydrogen-bond donors (Lipinski definition) is 0. The summed E-state index contributed by atoms with van der Waals surface area (Å²) in [6.07, 6.45) is 2.43. The Kier molecular flexibility index (Phi) is 6.21. The van der Waals surface area contributed by atoms with E-state index in [0.717, 1.165) is 22.4 Å². The summed E-state index contributed by atoms with van der Waals surface area (Å²) in [5.41, 5.74) is 2.47. The Hall–Kier alpha value is -2.19. The average molecular weight is 444 g/mol. The summed E-state index contributed by atoms with van der Waals surface area (Å²) in [6.45, 7) is 5.80. The van der Waals surface area contributed by atoms with Gasteiger partial charge in [-0.3, -0.25) is 0 Å². The van der Waals surface area contributed by atoms with E-state index in [1.165, 1.54) is 0 Å². The topological polar surface area (TPSA) is 65.1 Å². The molecule has 0 bridgehead atoms. The summed E-state index contributed by atoms with van der Waals surface area (Å²) in [5, 5.41) is 0. The molecule has 2 aliphatic heterocycles. The Morgan fingerprint density at radius 3 is 2.52 bits per heavy atom. The Balaban J connectivity index is 1.72.